The number of carbonyl (C=O) groups excluding carboxylic acids is 5. The van der Waals surface area contributed by atoms with Gasteiger partial charge in [0.1, 0.15) is 5.41 Å². The maximum atomic E-state index is 14.9. The molecule has 0 saturated heterocycles. The molecule has 2 aliphatic heterocycles. The molecule has 1 atom stereocenters. The van der Waals surface area contributed by atoms with Crippen molar-refractivity contribution in [1.29, 1.82) is 0 Å². The van der Waals surface area contributed by atoms with E-state index in [1.54, 1.807) is 5.32 Å². The Hall–Kier alpha value is -5.01. The van der Waals surface area contributed by atoms with Crippen LogP contribution in [0.5, 0.6) is 0 Å². The summed E-state index contributed by atoms with van der Waals surface area (Å²) in [4.78, 5) is 65.5. The van der Waals surface area contributed by atoms with Crippen LogP contribution in [0.3, 0.4) is 0 Å². The van der Waals surface area contributed by atoms with Gasteiger partial charge in [0.15, 0.2) is 0 Å². The molecule has 5 amide bonds. The smallest absolute Gasteiger partial charge is 0.318 e. The Morgan fingerprint density at radius 1 is 0.652 bits per heavy atom. The predicted octanol–water partition coefficient (Wildman–Crippen LogP) is 6.32. The first-order valence-electron chi connectivity index (χ1n) is 13.7. The molecule has 2 aliphatic rings. The van der Waals surface area contributed by atoms with Crippen LogP contribution in [0.2, 0.25) is 0 Å². The monoisotopic (exact) mass is 645 g/mol. The van der Waals surface area contributed by atoms with E-state index < -0.39 is 58.4 Å². The Kier molecular flexibility index (Phi) is 7.22. The zero-order chi connectivity index (χ0) is 34.4. The zero-order valence-corrected chi connectivity index (χ0v) is 25.2. The highest BCUT2D eigenvalue weighted by molar-refractivity contribution is 6.35. The van der Waals surface area contributed by atoms with Crippen molar-refractivity contribution in [1.82, 2.24) is 4.90 Å². The first-order valence-corrected chi connectivity index (χ1v) is 13.7. The SMILES string of the molecule is Cc1c(C)c(NC(=O)C(F)(F)F)c(C)c(N2C(=O)c3ccc(C(C)(c4ccc5c(c4)C(=O)N(C)C5=O)C(F)(F)F)cc3C2=O)c1C. The number of rotatable bonds is 4. The number of hydrogen-bond donors (Lipinski definition) is 1. The quantitative estimate of drug-likeness (QED) is 0.265. The molecule has 0 bridgehead atoms. The molecule has 3 aromatic rings. The van der Waals surface area contributed by atoms with Crippen LogP contribution in [0.1, 0.15) is 81.7 Å². The minimum absolute atomic E-state index is 0.0321. The molecule has 0 radical (unpaired) electrons. The number of fused-ring (bicyclic) bond motifs is 2. The summed E-state index contributed by atoms with van der Waals surface area (Å²) in [6.45, 7) is 6.65. The van der Waals surface area contributed by atoms with Gasteiger partial charge in [-0.15, -0.1) is 0 Å². The first kappa shape index (κ1) is 32.4. The van der Waals surface area contributed by atoms with Gasteiger partial charge in [-0.3, -0.25) is 28.9 Å². The van der Waals surface area contributed by atoms with E-state index in [0.717, 1.165) is 48.2 Å². The molecule has 2 heterocycles. The molecule has 1 unspecified atom stereocenters. The Morgan fingerprint density at radius 3 is 1.61 bits per heavy atom. The van der Waals surface area contributed by atoms with Crippen LogP contribution < -0.4 is 10.2 Å². The van der Waals surface area contributed by atoms with E-state index in [1.165, 1.54) is 34.7 Å². The minimum atomic E-state index is -5.23. The molecule has 0 aromatic heterocycles. The van der Waals surface area contributed by atoms with Gasteiger partial charge < -0.3 is 5.32 Å². The van der Waals surface area contributed by atoms with Crippen molar-refractivity contribution in [3.8, 4) is 0 Å². The van der Waals surface area contributed by atoms with Gasteiger partial charge >= 0.3 is 18.3 Å². The lowest BCUT2D eigenvalue weighted by Gasteiger charge is -2.33. The van der Waals surface area contributed by atoms with Gasteiger partial charge in [-0.2, -0.15) is 26.3 Å². The summed E-state index contributed by atoms with van der Waals surface area (Å²) in [5.74, 6) is -5.66. The molecule has 46 heavy (non-hydrogen) atoms. The van der Waals surface area contributed by atoms with Crippen molar-refractivity contribution in [3.63, 3.8) is 0 Å². The first-order chi connectivity index (χ1) is 21.1. The Labute approximate surface area is 258 Å². The Bertz CT molecular complexity index is 1930. The number of imide groups is 2. The third kappa shape index (κ3) is 4.49. The highest BCUT2D eigenvalue weighted by atomic mass is 19.4. The molecular formula is C32H25F6N3O5. The van der Waals surface area contributed by atoms with Gasteiger partial charge in [-0.25, -0.2) is 4.90 Å². The molecule has 0 aliphatic carbocycles. The lowest BCUT2D eigenvalue weighted by Crippen LogP contribution is -2.41. The summed E-state index contributed by atoms with van der Waals surface area (Å²) in [6, 6.07) is 6.20. The average molecular weight is 646 g/mol. The summed E-state index contributed by atoms with van der Waals surface area (Å²) in [5, 5.41) is 1.81. The van der Waals surface area contributed by atoms with Gasteiger partial charge in [0.05, 0.1) is 27.9 Å². The van der Waals surface area contributed by atoms with E-state index >= 15 is 0 Å². The number of hydrogen-bond acceptors (Lipinski definition) is 5. The number of nitrogens with one attached hydrogen (secondary N) is 1. The van der Waals surface area contributed by atoms with Crippen LogP contribution >= 0.6 is 0 Å². The van der Waals surface area contributed by atoms with Crippen LogP contribution in [0.25, 0.3) is 0 Å². The molecule has 8 nitrogen and oxygen atoms in total. The summed E-state index contributed by atoms with van der Waals surface area (Å²) in [6.07, 6.45) is -10.2. The summed E-state index contributed by atoms with van der Waals surface area (Å²) >= 11 is 0. The lowest BCUT2D eigenvalue weighted by molar-refractivity contribution is -0.173. The lowest BCUT2D eigenvalue weighted by atomic mass is 9.74. The number of alkyl halides is 6. The number of halogens is 6. The second-order valence-electron chi connectivity index (χ2n) is 11.4. The molecule has 14 heteroatoms. The number of carbonyl (C=O) groups is 5. The summed E-state index contributed by atoms with van der Waals surface area (Å²) < 4.78 is 84.1. The highest BCUT2D eigenvalue weighted by Gasteiger charge is 2.55. The van der Waals surface area contributed by atoms with Gasteiger partial charge in [0.25, 0.3) is 23.6 Å². The molecule has 5 rings (SSSR count). The minimum Gasteiger partial charge on any atom is -0.318 e. The maximum absolute atomic E-state index is 14.9. The average Bonchev–Trinajstić information content (AvgIpc) is 3.36. The van der Waals surface area contributed by atoms with Crippen molar-refractivity contribution >= 4 is 40.9 Å². The van der Waals surface area contributed by atoms with Crippen LogP contribution in [-0.4, -0.2) is 53.8 Å². The van der Waals surface area contributed by atoms with Gasteiger partial charge in [0.2, 0.25) is 0 Å². The fourth-order valence-corrected chi connectivity index (χ4v) is 5.96. The van der Waals surface area contributed by atoms with E-state index in [-0.39, 0.29) is 44.8 Å². The Balaban J connectivity index is 1.64. The fraction of sp³-hybridized carbons (Fsp3) is 0.281. The predicted molar refractivity (Wildman–Crippen MR) is 153 cm³/mol. The van der Waals surface area contributed by atoms with Crippen LogP contribution in [-0.2, 0) is 10.2 Å². The van der Waals surface area contributed by atoms with E-state index in [1.807, 2.05) is 0 Å². The van der Waals surface area contributed by atoms with Crippen molar-refractivity contribution < 1.29 is 50.3 Å². The fourth-order valence-electron chi connectivity index (χ4n) is 5.96. The molecule has 240 valence electrons. The van der Waals surface area contributed by atoms with Gasteiger partial charge in [-0.1, -0.05) is 12.1 Å². The largest absolute Gasteiger partial charge is 0.471 e. The number of benzene rings is 3. The summed E-state index contributed by atoms with van der Waals surface area (Å²) in [5.41, 5.74) is -4.01. The van der Waals surface area contributed by atoms with Crippen molar-refractivity contribution in [2.45, 2.75) is 52.4 Å². The van der Waals surface area contributed by atoms with Crippen molar-refractivity contribution in [2.24, 2.45) is 0 Å². The van der Waals surface area contributed by atoms with E-state index in [0.29, 0.717) is 16.0 Å². The van der Waals surface area contributed by atoms with Gasteiger partial charge in [0, 0.05) is 12.7 Å². The van der Waals surface area contributed by atoms with E-state index in [4.69, 9.17) is 0 Å². The topological polar surface area (TPSA) is 104 Å². The normalized spacial score (nSPS) is 16.2. The number of amides is 5. The summed E-state index contributed by atoms with van der Waals surface area (Å²) in [7, 11) is 1.20. The number of nitrogens with zero attached hydrogens (tertiary/aromatic N) is 2. The highest BCUT2D eigenvalue weighted by Crippen LogP contribution is 2.48. The molecule has 0 saturated carbocycles. The third-order valence-electron chi connectivity index (χ3n) is 9.00. The molecule has 1 N–H and O–H groups in total. The van der Waals surface area contributed by atoms with Gasteiger partial charge in [-0.05, 0) is 92.3 Å². The Morgan fingerprint density at radius 2 is 1.11 bits per heavy atom. The van der Waals surface area contributed by atoms with Crippen molar-refractivity contribution in [3.05, 3.63) is 92.0 Å². The molecular weight excluding hydrogens is 620 g/mol. The van der Waals surface area contributed by atoms with Crippen LogP contribution in [0.4, 0.5) is 37.7 Å². The number of anilines is 2. The molecule has 3 aromatic carbocycles. The van der Waals surface area contributed by atoms with E-state index in [9.17, 15) is 50.3 Å². The van der Waals surface area contributed by atoms with Crippen molar-refractivity contribution in [2.75, 3.05) is 17.3 Å². The molecule has 0 fully saturated rings. The van der Waals surface area contributed by atoms with Crippen LogP contribution in [0, 0.1) is 27.7 Å². The second-order valence-corrected chi connectivity index (χ2v) is 11.4. The van der Waals surface area contributed by atoms with E-state index in [2.05, 4.69) is 0 Å². The zero-order valence-electron chi connectivity index (χ0n) is 25.2. The molecule has 0 spiro atoms. The third-order valence-corrected chi connectivity index (χ3v) is 9.00. The standard InChI is InChI=1S/C32H25F6N3O5/c1-13-14(2)23(39-29(46)31(33,34)35)16(4)24(15(13)3)41-27(44)20-10-8-18(12-22(20)28(41)45)30(5,32(36,37)38)17-7-9-19-21(11-17)26(43)40(6)25(19)42/h7-12H,1-6H3,(H,39,46). The van der Waals surface area contributed by atoms with Crippen LogP contribution in [0.15, 0.2) is 36.4 Å². The maximum Gasteiger partial charge on any atom is 0.471 e. The second kappa shape index (κ2) is 10.3.